The zero-order valence-corrected chi connectivity index (χ0v) is 26.6. The Morgan fingerprint density at radius 3 is 2.28 bits per heavy atom. The van der Waals surface area contributed by atoms with Crippen LogP contribution in [0.2, 0.25) is 0 Å². The predicted octanol–water partition coefficient (Wildman–Crippen LogP) is 3.54. The molecule has 1 saturated carbocycles. The molecule has 43 heavy (non-hydrogen) atoms. The monoisotopic (exact) mass is 615 g/mol. The lowest BCUT2D eigenvalue weighted by Crippen LogP contribution is -2.57. The van der Waals surface area contributed by atoms with Crippen molar-refractivity contribution in [2.24, 2.45) is 5.92 Å². The van der Waals surface area contributed by atoms with Gasteiger partial charge in [-0.25, -0.2) is 8.42 Å². The van der Waals surface area contributed by atoms with Crippen molar-refractivity contribution in [3.63, 3.8) is 0 Å². The lowest BCUT2D eigenvalue weighted by Gasteiger charge is -2.28. The third kappa shape index (κ3) is 11.9. The molecule has 0 heterocycles. The molecule has 238 valence electrons. The van der Waals surface area contributed by atoms with E-state index in [9.17, 15) is 23.1 Å². The number of carbonyl (C=O) groups is 2. The molecular formula is C33H49N3O6S. The minimum absolute atomic E-state index is 0.182. The number of amides is 2. The molecular weight excluding hydrogens is 566 g/mol. The summed E-state index contributed by atoms with van der Waals surface area (Å²) in [6.45, 7) is 4.55. The van der Waals surface area contributed by atoms with E-state index in [0.717, 1.165) is 29.7 Å². The van der Waals surface area contributed by atoms with E-state index in [4.69, 9.17) is 4.74 Å². The highest BCUT2D eigenvalue weighted by molar-refractivity contribution is 7.92. The summed E-state index contributed by atoms with van der Waals surface area (Å²) in [6, 6.07) is 15.1. The van der Waals surface area contributed by atoms with Crippen LogP contribution in [-0.4, -0.2) is 68.2 Å². The predicted molar refractivity (Wildman–Crippen MR) is 169 cm³/mol. The maximum atomic E-state index is 13.7. The van der Waals surface area contributed by atoms with Crippen molar-refractivity contribution in [3.8, 4) is 5.75 Å². The van der Waals surface area contributed by atoms with E-state index in [-0.39, 0.29) is 24.8 Å². The second-order valence-corrected chi connectivity index (χ2v) is 14.0. The highest BCUT2D eigenvalue weighted by Crippen LogP contribution is 2.32. The van der Waals surface area contributed by atoms with Crippen LogP contribution in [0.15, 0.2) is 54.6 Å². The molecule has 4 N–H and O–H groups in total. The van der Waals surface area contributed by atoms with E-state index >= 15 is 0 Å². The van der Waals surface area contributed by atoms with E-state index in [1.807, 2.05) is 68.4 Å². The summed E-state index contributed by atoms with van der Waals surface area (Å²) in [7, 11) is -2.07. The Hall–Kier alpha value is -2.95. The highest BCUT2D eigenvalue weighted by atomic mass is 32.2. The van der Waals surface area contributed by atoms with E-state index in [1.165, 1.54) is 0 Å². The van der Waals surface area contributed by atoms with E-state index in [2.05, 4.69) is 16.0 Å². The molecule has 3 atom stereocenters. The molecule has 0 saturated heterocycles. The summed E-state index contributed by atoms with van der Waals surface area (Å²) in [5.74, 6) is -0.370. The first kappa shape index (κ1) is 34.5. The van der Waals surface area contributed by atoms with Crippen LogP contribution < -0.4 is 20.7 Å². The maximum Gasteiger partial charge on any atom is 0.243 e. The van der Waals surface area contributed by atoms with Gasteiger partial charge in [-0.1, -0.05) is 69.2 Å². The summed E-state index contributed by atoms with van der Waals surface area (Å²) in [6.07, 6.45) is 3.99. The molecule has 0 spiro atoms. The Morgan fingerprint density at radius 2 is 1.65 bits per heavy atom. The molecule has 2 aromatic carbocycles. The smallest absolute Gasteiger partial charge is 0.243 e. The average molecular weight is 616 g/mol. The number of aliphatic hydroxyl groups is 1. The normalized spacial score (nSPS) is 15.5. The lowest BCUT2D eigenvalue weighted by molar-refractivity contribution is -0.129. The van der Waals surface area contributed by atoms with Crippen molar-refractivity contribution in [1.29, 1.82) is 0 Å². The number of methoxy groups -OCH3 is 1. The van der Waals surface area contributed by atoms with E-state index < -0.39 is 44.9 Å². The zero-order valence-electron chi connectivity index (χ0n) is 25.8. The molecule has 1 aliphatic rings. The molecule has 3 rings (SSSR count). The van der Waals surface area contributed by atoms with Crippen molar-refractivity contribution in [1.82, 2.24) is 16.0 Å². The molecule has 10 heteroatoms. The number of ether oxygens (including phenoxy) is 1. The number of sulfone groups is 1. The third-order valence-corrected chi connectivity index (χ3v) is 10.1. The van der Waals surface area contributed by atoms with Gasteiger partial charge >= 0.3 is 0 Å². The molecule has 0 aromatic heterocycles. The molecule has 2 aromatic rings. The molecule has 1 unspecified atom stereocenters. The van der Waals surface area contributed by atoms with Gasteiger partial charge in [0, 0.05) is 19.5 Å². The van der Waals surface area contributed by atoms with Crippen LogP contribution in [0, 0.1) is 5.92 Å². The molecule has 1 aliphatic carbocycles. The minimum Gasteiger partial charge on any atom is -0.497 e. The van der Waals surface area contributed by atoms with Crippen LogP contribution in [0.25, 0.3) is 0 Å². The number of nitrogens with one attached hydrogen (secondary N) is 3. The molecule has 2 amide bonds. The number of hydrogen-bond acceptors (Lipinski definition) is 7. The van der Waals surface area contributed by atoms with Crippen LogP contribution in [0.4, 0.5) is 0 Å². The van der Waals surface area contributed by atoms with E-state index in [0.29, 0.717) is 38.6 Å². The highest BCUT2D eigenvalue weighted by Gasteiger charge is 2.35. The van der Waals surface area contributed by atoms with Crippen LogP contribution >= 0.6 is 0 Å². The van der Waals surface area contributed by atoms with Crippen molar-refractivity contribution in [3.05, 3.63) is 65.7 Å². The summed E-state index contributed by atoms with van der Waals surface area (Å²) in [4.78, 5) is 26.5. The maximum absolute atomic E-state index is 13.7. The number of benzene rings is 2. The van der Waals surface area contributed by atoms with Crippen molar-refractivity contribution >= 4 is 21.7 Å². The lowest BCUT2D eigenvalue weighted by atomic mass is 10.0. The Balaban J connectivity index is 1.76. The van der Waals surface area contributed by atoms with Gasteiger partial charge < -0.3 is 25.8 Å². The quantitative estimate of drug-likeness (QED) is 0.179. The van der Waals surface area contributed by atoms with E-state index in [1.54, 1.807) is 7.11 Å². The van der Waals surface area contributed by atoms with Crippen molar-refractivity contribution < 1.29 is 27.9 Å². The van der Waals surface area contributed by atoms with Gasteiger partial charge in [0.05, 0.1) is 30.3 Å². The summed E-state index contributed by atoms with van der Waals surface area (Å²) in [5.41, 5.74) is 1.89. The largest absolute Gasteiger partial charge is 0.497 e. The number of rotatable bonds is 20. The fraction of sp³-hybridized carbons (Fsp3) is 0.576. The first-order chi connectivity index (χ1) is 20.6. The van der Waals surface area contributed by atoms with Crippen molar-refractivity contribution in [2.75, 3.05) is 19.4 Å². The molecule has 1 fully saturated rings. The zero-order chi connectivity index (χ0) is 31.2. The summed E-state index contributed by atoms with van der Waals surface area (Å²) in [5, 5.41) is 19.5. The Kier molecular flexibility index (Phi) is 14.0. The first-order valence-electron chi connectivity index (χ1n) is 15.5. The van der Waals surface area contributed by atoms with Gasteiger partial charge in [-0.3, -0.25) is 9.59 Å². The topological polar surface area (TPSA) is 134 Å². The van der Waals surface area contributed by atoms with Gasteiger partial charge in [0.25, 0.3) is 0 Å². The molecule has 0 aliphatic heterocycles. The number of hydrogen-bond donors (Lipinski definition) is 4. The summed E-state index contributed by atoms with van der Waals surface area (Å²) < 4.78 is 32.2. The first-order valence-corrected chi connectivity index (χ1v) is 17.2. The molecule has 0 radical (unpaired) electrons. The van der Waals surface area contributed by atoms with Crippen LogP contribution in [-0.2, 0) is 32.4 Å². The van der Waals surface area contributed by atoms with Crippen LogP contribution in [0.1, 0.15) is 69.9 Å². The van der Waals surface area contributed by atoms with Crippen LogP contribution in [0.5, 0.6) is 5.75 Å². The second kappa shape index (κ2) is 17.4. The van der Waals surface area contributed by atoms with Gasteiger partial charge in [0.1, 0.15) is 11.8 Å². The Labute approximate surface area is 257 Å². The molecule has 0 bridgehead atoms. The van der Waals surface area contributed by atoms with Gasteiger partial charge in [0.15, 0.2) is 9.84 Å². The van der Waals surface area contributed by atoms with Gasteiger partial charge in [0.2, 0.25) is 11.8 Å². The van der Waals surface area contributed by atoms with Gasteiger partial charge in [-0.2, -0.15) is 0 Å². The average Bonchev–Trinajstić information content (AvgIpc) is 3.80. The van der Waals surface area contributed by atoms with Crippen LogP contribution in [0.3, 0.4) is 0 Å². The summed E-state index contributed by atoms with van der Waals surface area (Å²) >= 11 is 0. The SMILES string of the molecule is CCCC(CCC)S(=O)(=O)CC(NC(=O)CC1CC1)C(=O)N[C@@H](Cc1ccccc1)[C@H](O)CNCc1cccc(OC)c1. The third-order valence-electron chi connectivity index (χ3n) is 7.86. The number of aliphatic hydroxyl groups excluding tert-OH is 1. The van der Waals surface area contributed by atoms with Gasteiger partial charge in [-0.05, 0) is 61.3 Å². The molecule has 9 nitrogen and oxygen atoms in total. The minimum atomic E-state index is -3.68. The standard InChI is InChI=1S/C33H49N3O6S/c1-4-10-28(11-5-2)43(40,41)23-30(35-32(38)20-25-16-17-25)33(39)36-29(19-24-12-7-6-8-13-24)31(37)22-34-21-26-14-9-15-27(18-26)42-3/h6-9,12-15,18,25,28-31,34,37H,4-5,10-11,16-17,19-23H2,1-3H3,(H,35,38)(H,36,39)/t29-,30?,31+/m0/s1. The fourth-order valence-corrected chi connectivity index (χ4v) is 7.42. The Bertz CT molecular complexity index is 1250. The van der Waals surface area contributed by atoms with Gasteiger partial charge in [-0.15, -0.1) is 0 Å². The van der Waals surface area contributed by atoms with Crippen molar-refractivity contribution in [2.45, 2.75) is 95.2 Å². The number of carbonyl (C=O) groups excluding carboxylic acids is 2. The fourth-order valence-electron chi connectivity index (χ4n) is 5.26. The Morgan fingerprint density at radius 1 is 0.977 bits per heavy atom. The second-order valence-electron chi connectivity index (χ2n) is 11.7.